The maximum Gasteiger partial charge on any atom is 0.306 e. The van der Waals surface area contributed by atoms with Gasteiger partial charge >= 0.3 is 11.9 Å². The zero-order valence-electron chi connectivity index (χ0n) is 24.8. The maximum atomic E-state index is 12.6. The Balaban J connectivity index is 1.65. The van der Waals surface area contributed by atoms with E-state index in [0.29, 0.717) is 18.3 Å². The highest BCUT2D eigenvalue weighted by atomic mass is 16.5. The summed E-state index contributed by atoms with van der Waals surface area (Å²) in [5.41, 5.74) is 4.69. The highest BCUT2D eigenvalue weighted by Crippen LogP contribution is 2.72. The maximum absolute atomic E-state index is 12.6. The minimum absolute atomic E-state index is 0.0116. The number of carboxylic acids is 1. The van der Waals surface area contributed by atoms with Crippen LogP contribution in [0.3, 0.4) is 0 Å². The number of allylic oxidation sites excluding steroid dienone is 3. The molecule has 37 heavy (non-hydrogen) atoms. The molecule has 0 spiro atoms. The van der Waals surface area contributed by atoms with Crippen molar-refractivity contribution in [1.29, 1.82) is 0 Å². The SMILES string of the molecule is C=C(CC[C@@H](C(=O)O)[C@H]1CC[C@@]2(C)C3=C(CC[C@]12C)[C@@]1(C)CC[C@H](OC(C)=O)C(C)(C)[C@H]1CC3)C(C)C. The topological polar surface area (TPSA) is 63.6 Å². The first-order valence-corrected chi connectivity index (χ1v) is 14.9. The molecule has 0 radical (unpaired) electrons. The van der Waals surface area contributed by atoms with Crippen molar-refractivity contribution in [2.24, 2.45) is 45.3 Å². The third kappa shape index (κ3) is 4.33. The number of esters is 1. The smallest absolute Gasteiger partial charge is 0.306 e. The van der Waals surface area contributed by atoms with E-state index in [1.165, 1.54) is 12.5 Å². The summed E-state index contributed by atoms with van der Waals surface area (Å²) in [5, 5.41) is 10.4. The first-order valence-electron chi connectivity index (χ1n) is 14.9. The lowest BCUT2D eigenvalue weighted by atomic mass is 9.43. The van der Waals surface area contributed by atoms with Gasteiger partial charge < -0.3 is 9.84 Å². The molecule has 2 fully saturated rings. The van der Waals surface area contributed by atoms with E-state index in [4.69, 9.17) is 4.74 Å². The van der Waals surface area contributed by atoms with Gasteiger partial charge in [-0.2, -0.15) is 0 Å². The summed E-state index contributed by atoms with van der Waals surface area (Å²) in [4.78, 5) is 24.5. The van der Waals surface area contributed by atoms with Crippen molar-refractivity contribution in [3.63, 3.8) is 0 Å². The second-order valence-corrected chi connectivity index (χ2v) is 14.6. The molecule has 208 valence electrons. The Kier molecular flexibility index (Phi) is 7.34. The fourth-order valence-electron chi connectivity index (χ4n) is 9.89. The zero-order valence-corrected chi connectivity index (χ0v) is 24.8. The number of rotatable bonds is 7. The normalized spacial score (nSPS) is 39.4. The van der Waals surface area contributed by atoms with Gasteiger partial charge in [-0.1, -0.05) is 71.8 Å². The van der Waals surface area contributed by atoms with Crippen molar-refractivity contribution in [1.82, 2.24) is 0 Å². The number of ether oxygens (including phenoxy) is 1. The lowest BCUT2D eigenvalue weighted by molar-refractivity contribution is -0.167. The largest absolute Gasteiger partial charge is 0.481 e. The van der Waals surface area contributed by atoms with Gasteiger partial charge in [0.25, 0.3) is 0 Å². The molecule has 1 N–H and O–H groups in total. The molecule has 0 aromatic heterocycles. The van der Waals surface area contributed by atoms with Crippen LogP contribution in [-0.2, 0) is 14.3 Å². The fourth-order valence-corrected chi connectivity index (χ4v) is 9.89. The van der Waals surface area contributed by atoms with Crippen molar-refractivity contribution in [2.45, 2.75) is 126 Å². The number of carbonyl (C=O) groups is 2. The number of fused-ring (bicyclic) bond motifs is 4. The van der Waals surface area contributed by atoms with Gasteiger partial charge in [0.05, 0.1) is 5.92 Å². The van der Waals surface area contributed by atoms with Gasteiger partial charge in [0.1, 0.15) is 6.10 Å². The summed E-state index contributed by atoms with van der Waals surface area (Å²) in [6.07, 6.45) is 10.0. The summed E-state index contributed by atoms with van der Waals surface area (Å²) in [5.74, 6) is 0.0294. The van der Waals surface area contributed by atoms with Crippen LogP contribution in [0.15, 0.2) is 23.3 Å². The van der Waals surface area contributed by atoms with Gasteiger partial charge in [0.2, 0.25) is 0 Å². The molecule has 4 heteroatoms. The first-order chi connectivity index (χ1) is 17.1. The number of aliphatic carboxylic acids is 1. The highest BCUT2D eigenvalue weighted by molar-refractivity contribution is 5.71. The van der Waals surface area contributed by atoms with Crippen molar-refractivity contribution in [3.8, 4) is 0 Å². The van der Waals surface area contributed by atoms with E-state index < -0.39 is 5.97 Å². The molecule has 2 saturated carbocycles. The van der Waals surface area contributed by atoms with Crippen LogP contribution < -0.4 is 0 Å². The summed E-state index contributed by atoms with van der Waals surface area (Å²) in [7, 11) is 0. The summed E-state index contributed by atoms with van der Waals surface area (Å²) < 4.78 is 5.84. The van der Waals surface area contributed by atoms with Crippen molar-refractivity contribution in [2.75, 3.05) is 0 Å². The van der Waals surface area contributed by atoms with E-state index in [2.05, 4.69) is 55.0 Å². The molecule has 0 unspecified atom stereocenters. The van der Waals surface area contributed by atoms with Crippen LogP contribution in [0.25, 0.3) is 0 Å². The second kappa shape index (κ2) is 9.56. The molecule has 0 bridgehead atoms. The van der Waals surface area contributed by atoms with E-state index in [1.54, 1.807) is 11.1 Å². The third-order valence-electron chi connectivity index (χ3n) is 12.5. The number of carbonyl (C=O) groups excluding carboxylic acids is 1. The Morgan fingerprint density at radius 1 is 1.00 bits per heavy atom. The minimum atomic E-state index is -0.618. The van der Waals surface area contributed by atoms with E-state index >= 15 is 0 Å². The van der Waals surface area contributed by atoms with Crippen molar-refractivity contribution in [3.05, 3.63) is 23.3 Å². The predicted octanol–water partition coefficient (Wildman–Crippen LogP) is 8.36. The summed E-state index contributed by atoms with van der Waals surface area (Å²) in [6.45, 7) is 22.1. The van der Waals surface area contributed by atoms with Crippen molar-refractivity contribution < 1.29 is 19.4 Å². The van der Waals surface area contributed by atoms with E-state index in [9.17, 15) is 14.7 Å². The highest BCUT2D eigenvalue weighted by Gasteiger charge is 2.64. The molecule has 7 atom stereocenters. The van der Waals surface area contributed by atoms with Gasteiger partial charge in [-0.15, -0.1) is 0 Å². The Labute approximate surface area is 225 Å². The summed E-state index contributed by atoms with van der Waals surface area (Å²) in [6, 6.07) is 0. The molecular weight excluding hydrogens is 460 g/mol. The van der Waals surface area contributed by atoms with E-state index in [1.807, 2.05) is 0 Å². The Bertz CT molecular complexity index is 988. The number of hydrogen-bond donors (Lipinski definition) is 1. The molecule has 0 saturated heterocycles. The van der Waals surface area contributed by atoms with Gasteiger partial charge in [-0.25, -0.2) is 0 Å². The minimum Gasteiger partial charge on any atom is -0.481 e. The van der Waals surface area contributed by atoms with Crippen LogP contribution in [0.4, 0.5) is 0 Å². The molecular formula is C33H52O4. The second-order valence-electron chi connectivity index (χ2n) is 14.6. The molecule has 0 amide bonds. The van der Waals surface area contributed by atoms with Crippen LogP contribution in [0.1, 0.15) is 120 Å². The third-order valence-corrected chi connectivity index (χ3v) is 12.5. The van der Waals surface area contributed by atoms with Gasteiger partial charge in [0.15, 0.2) is 0 Å². The molecule has 4 rings (SSSR count). The van der Waals surface area contributed by atoms with Gasteiger partial charge in [-0.3, -0.25) is 9.59 Å². The van der Waals surface area contributed by atoms with E-state index in [0.717, 1.165) is 57.8 Å². The molecule has 0 aromatic rings. The average Bonchev–Trinajstić information content (AvgIpc) is 3.07. The summed E-state index contributed by atoms with van der Waals surface area (Å²) >= 11 is 0. The van der Waals surface area contributed by atoms with Crippen LogP contribution >= 0.6 is 0 Å². The van der Waals surface area contributed by atoms with Gasteiger partial charge in [-0.05, 0) is 98.2 Å². The molecule has 0 heterocycles. The Morgan fingerprint density at radius 3 is 2.27 bits per heavy atom. The Hall–Kier alpha value is -1.58. The number of carboxylic acid groups (broad SMARTS) is 1. The van der Waals surface area contributed by atoms with Crippen LogP contribution in [0.2, 0.25) is 0 Å². The van der Waals surface area contributed by atoms with Crippen LogP contribution in [0, 0.1) is 45.3 Å². The predicted molar refractivity (Wildman–Crippen MR) is 149 cm³/mol. The molecule has 0 aliphatic heterocycles. The zero-order chi connectivity index (χ0) is 27.6. The van der Waals surface area contributed by atoms with E-state index in [-0.39, 0.29) is 45.6 Å². The fraction of sp³-hybridized carbons (Fsp3) is 0.818. The standard InChI is InChI=1S/C33H52O4/c1-20(2)21(3)10-11-23(29(35)36)24-14-18-33(9)26-12-13-27-30(5,6)28(37-22(4)34)16-17-31(27,7)25(26)15-19-32(24,33)8/h20,23-24,27-28H,3,10-19H2,1-2,4-9H3,(H,35,36)/t23-,24-,27-,28+,31-,32-,33+/m1/s1. The van der Waals surface area contributed by atoms with Crippen LogP contribution in [0.5, 0.6) is 0 Å². The quantitative estimate of drug-likeness (QED) is 0.275. The Morgan fingerprint density at radius 2 is 1.68 bits per heavy atom. The monoisotopic (exact) mass is 512 g/mol. The van der Waals surface area contributed by atoms with Crippen LogP contribution in [-0.4, -0.2) is 23.1 Å². The molecule has 4 aliphatic rings. The first kappa shape index (κ1) is 28.4. The number of hydrogen-bond acceptors (Lipinski definition) is 3. The molecule has 0 aromatic carbocycles. The lowest BCUT2D eigenvalue weighted by Crippen LogP contribution is -2.56. The van der Waals surface area contributed by atoms with Gasteiger partial charge in [0, 0.05) is 12.3 Å². The molecule has 4 nitrogen and oxygen atoms in total. The molecule has 4 aliphatic carbocycles. The van der Waals surface area contributed by atoms with Crippen molar-refractivity contribution >= 4 is 11.9 Å². The average molecular weight is 513 g/mol. The lowest BCUT2D eigenvalue weighted by Gasteiger charge is -2.62.